The number of carbonyl (C=O) groups is 1. The molecule has 0 saturated carbocycles. The van der Waals surface area contributed by atoms with Gasteiger partial charge in [-0.05, 0) is 70.3 Å². The molecule has 3 rings (SSSR count). The first-order valence-corrected chi connectivity index (χ1v) is 10.3. The monoisotopic (exact) mass is 427 g/mol. The fraction of sp³-hybridized carbons (Fsp3) is 0.435. The van der Waals surface area contributed by atoms with Gasteiger partial charge < -0.3 is 19.4 Å². The van der Waals surface area contributed by atoms with Crippen molar-refractivity contribution in [2.45, 2.75) is 59.4 Å². The molecule has 0 spiro atoms. The summed E-state index contributed by atoms with van der Waals surface area (Å²) in [6, 6.07) is 12.4. The van der Waals surface area contributed by atoms with E-state index in [0.29, 0.717) is 13.0 Å². The first-order valence-electron chi connectivity index (χ1n) is 10.3. The number of benzene rings is 2. The molecule has 1 aliphatic rings. The number of hydrogen-bond donors (Lipinski definition) is 3. The van der Waals surface area contributed by atoms with Crippen LogP contribution in [0.3, 0.4) is 0 Å². The van der Waals surface area contributed by atoms with Crippen molar-refractivity contribution in [3.8, 4) is 5.75 Å². The summed E-state index contributed by atoms with van der Waals surface area (Å²) in [5.74, 6) is 5.30. The molecule has 0 aromatic heterocycles. The maximum atomic E-state index is 8.94. The zero-order chi connectivity index (χ0) is 23.2. The zero-order valence-corrected chi connectivity index (χ0v) is 19.5. The Balaban J connectivity index is 0.000000785. The Kier molecular flexibility index (Phi) is 8.11. The van der Waals surface area contributed by atoms with Gasteiger partial charge in [-0.25, -0.2) is 5.84 Å². The highest BCUT2D eigenvalue weighted by Crippen LogP contribution is 2.37. The van der Waals surface area contributed by atoms with Crippen molar-refractivity contribution in [3.63, 3.8) is 0 Å². The van der Waals surface area contributed by atoms with E-state index in [2.05, 4.69) is 77.0 Å². The van der Waals surface area contributed by atoms with E-state index in [1.54, 1.807) is 5.43 Å². The molecule has 1 heterocycles. The number of aryl methyl sites for hydroxylation is 2. The molecular formula is C23H34BN3O4. The van der Waals surface area contributed by atoms with Crippen molar-refractivity contribution in [2.75, 3.05) is 12.4 Å². The van der Waals surface area contributed by atoms with E-state index in [-0.39, 0.29) is 18.3 Å². The minimum absolute atomic E-state index is 0.343. The van der Waals surface area contributed by atoms with Crippen molar-refractivity contribution >= 4 is 24.7 Å². The predicted molar refractivity (Wildman–Crippen MR) is 125 cm³/mol. The van der Waals surface area contributed by atoms with Gasteiger partial charge in [0.15, 0.2) is 0 Å². The molecular weight excluding hydrogens is 393 g/mol. The van der Waals surface area contributed by atoms with Crippen LogP contribution in [0.15, 0.2) is 36.4 Å². The van der Waals surface area contributed by atoms with E-state index in [1.165, 1.54) is 0 Å². The normalized spacial score (nSPS) is 16.2. The van der Waals surface area contributed by atoms with Gasteiger partial charge in [0.25, 0.3) is 0 Å². The highest BCUT2D eigenvalue weighted by Gasteiger charge is 2.52. The molecule has 0 atom stereocenters. The predicted octanol–water partition coefficient (Wildman–Crippen LogP) is 2.83. The fourth-order valence-corrected chi connectivity index (χ4v) is 3.24. The van der Waals surface area contributed by atoms with Crippen LogP contribution in [0.2, 0.25) is 0 Å². The van der Waals surface area contributed by atoms with Crippen molar-refractivity contribution in [2.24, 2.45) is 5.84 Å². The largest absolute Gasteiger partial charge is 0.495 e. The Morgan fingerprint density at radius 3 is 2.19 bits per heavy atom. The number of carbonyl (C=O) groups excluding carboxylic acids is 1. The average molecular weight is 427 g/mol. The summed E-state index contributed by atoms with van der Waals surface area (Å²) < 4.78 is 18.6. The van der Waals surface area contributed by atoms with Crippen molar-refractivity contribution in [1.82, 2.24) is 5.43 Å². The average Bonchev–Trinajstić information content (AvgIpc) is 2.95. The SMILES string of the molecule is CNc1ccccc1COc1cc(C)c(B2OC(C)(C)C(C)(C)O2)cc1C.NNC=O. The number of hydrogen-bond acceptors (Lipinski definition) is 6. The van der Waals surface area contributed by atoms with E-state index in [0.717, 1.165) is 33.6 Å². The van der Waals surface area contributed by atoms with Gasteiger partial charge in [0.2, 0.25) is 6.41 Å². The van der Waals surface area contributed by atoms with E-state index < -0.39 is 0 Å². The second-order valence-electron chi connectivity index (χ2n) is 8.54. The number of amides is 1. The number of anilines is 1. The van der Waals surface area contributed by atoms with Gasteiger partial charge in [-0.1, -0.05) is 24.3 Å². The number of rotatable bonds is 6. The lowest BCUT2D eigenvalue weighted by atomic mass is 9.75. The Morgan fingerprint density at radius 1 is 1.06 bits per heavy atom. The molecule has 0 radical (unpaired) electrons. The van der Waals surface area contributed by atoms with Crippen LogP contribution in [-0.4, -0.2) is 31.8 Å². The number of nitrogens with one attached hydrogen (secondary N) is 2. The van der Waals surface area contributed by atoms with Gasteiger partial charge in [0.05, 0.1) is 11.2 Å². The lowest BCUT2D eigenvalue weighted by molar-refractivity contribution is -0.109. The molecule has 168 valence electrons. The van der Waals surface area contributed by atoms with Crippen molar-refractivity contribution < 1.29 is 18.8 Å². The minimum atomic E-state index is -0.354. The van der Waals surface area contributed by atoms with Crippen molar-refractivity contribution in [1.29, 1.82) is 0 Å². The molecule has 31 heavy (non-hydrogen) atoms. The van der Waals surface area contributed by atoms with Crippen LogP contribution in [-0.2, 0) is 20.7 Å². The molecule has 2 aromatic rings. The summed E-state index contributed by atoms with van der Waals surface area (Å²) in [6.45, 7) is 13.0. The number of ether oxygens (including phenoxy) is 1. The number of hydrazine groups is 1. The molecule has 1 amide bonds. The van der Waals surface area contributed by atoms with Crippen LogP contribution in [0.1, 0.15) is 44.4 Å². The summed E-state index contributed by atoms with van der Waals surface area (Å²) in [5, 5.41) is 3.21. The summed E-state index contributed by atoms with van der Waals surface area (Å²) in [6.07, 6.45) is 0.403. The second kappa shape index (κ2) is 10.2. The molecule has 4 N–H and O–H groups in total. The lowest BCUT2D eigenvalue weighted by Crippen LogP contribution is -2.41. The van der Waals surface area contributed by atoms with Crippen LogP contribution >= 0.6 is 0 Å². The molecule has 1 saturated heterocycles. The Labute approximate surface area is 185 Å². The van der Waals surface area contributed by atoms with Gasteiger partial charge in [-0.2, -0.15) is 0 Å². The summed E-state index contributed by atoms with van der Waals surface area (Å²) in [5.41, 5.74) is 6.53. The Hall–Kier alpha value is -2.55. The third-order valence-corrected chi connectivity index (χ3v) is 5.81. The van der Waals surface area contributed by atoms with Gasteiger partial charge >= 0.3 is 7.12 Å². The first-order chi connectivity index (χ1) is 14.6. The number of nitrogens with two attached hydrogens (primary N) is 1. The van der Waals surface area contributed by atoms with E-state index in [4.69, 9.17) is 18.8 Å². The Morgan fingerprint density at radius 2 is 1.65 bits per heavy atom. The second-order valence-corrected chi connectivity index (χ2v) is 8.54. The third kappa shape index (κ3) is 5.78. The Bertz CT molecular complexity index is 886. The molecule has 0 aliphatic carbocycles. The lowest BCUT2D eigenvalue weighted by Gasteiger charge is -2.32. The quantitative estimate of drug-likeness (QED) is 0.216. The highest BCUT2D eigenvalue weighted by molar-refractivity contribution is 6.62. The molecule has 2 aromatic carbocycles. The zero-order valence-electron chi connectivity index (χ0n) is 19.5. The van der Waals surface area contributed by atoms with Gasteiger partial charge in [0, 0.05) is 18.3 Å². The molecule has 7 nitrogen and oxygen atoms in total. The summed E-state index contributed by atoms with van der Waals surface area (Å²) >= 11 is 0. The third-order valence-electron chi connectivity index (χ3n) is 5.81. The van der Waals surface area contributed by atoms with Crippen LogP contribution < -0.4 is 26.8 Å². The maximum absolute atomic E-state index is 8.94. The van der Waals surface area contributed by atoms with Crippen LogP contribution in [0.25, 0.3) is 0 Å². The smallest absolute Gasteiger partial charge is 0.489 e. The van der Waals surface area contributed by atoms with Crippen LogP contribution in [0.4, 0.5) is 5.69 Å². The van der Waals surface area contributed by atoms with Crippen molar-refractivity contribution in [3.05, 3.63) is 53.1 Å². The van der Waals surface area contributed by atoms with E-state index >= 15 is 0 Å². The van der Waals surface area contributed by atoms with Gasteiger partial charge in [-0.3, -0.25) is 10.2 Å². The molecule has 1 fully saturated rings. The summed E-state index contributed by atoms with van der Waals surface area (Å²) in [4.78, 5) is 8.94. The molecule has 0 unspecified atom stereocenters. The number of para-hydroxylation sites is 1. The van der Waals surface area contributed by atoms with E-state index in [9.17, 15) is 0 Å². The van der Waals surface area contributed by atoms with E-state index in [1.807, 2.05) is 19.2 Å². The fourth-order valence-electron chi connectivity index (χ4n) is 3.24. The van der Waals surface area contributed by atoms with Crippen LogP contribution in [0.5, 0.6) is 5.75 Å². The minimum Gasteiger partial charge on any atom is -0.489 e. The first kappa shape index (κ1) is 24.7. The molecule has 0 bridgehead atoms. The van der Waals surface area contributed by atoms with Gasteiger partial charge in [-0.15, -0.1) is 0 Å². The molecule has 1 aliphatic heterocycles. The topological polar surface area (TPSA) is 94.8 Å². The summed E-state index contributed by atoms with van der Waals surface area (Å²) in [7, 11) is 1.57. The standard InChI is InChI=1S/C22H30BNO3.CH4N2O/c1-15-13-20(25-14-17-10-8-9-11-19(17)24-7)16(2)12-18(15)23-26-21(3,4)22(5,6)27-23;2-3-1-4/h8-13,24H,14H2,1-7H3;1H,2H2,(H,3,4). The van der Waals surface area contributed by atoms with Gasteiger partial charge in [0.1, 0.15) is 12.4 Å². The molecule has 8 heteroatoms. The highest BCUT2D eigenvalue weighted by atomic mass is 16.7. The maximum Gasteiger partial charge on any atom is 0.495 e. The van der Waals surface area contributed by atoms with Crippen LogP contribution in [0, 0.1) is 13.8 Å².